The van der Waals surface area contributed by atoms with Crippen LogP contribution in [0.5, 0.6) is 0 Å². The van der Waals surface area contributed by atoms with Crippen LogP contribution in [0.4, 0.5) is 0 Å². The van der Waals surface area contributed by atoms with Gasteiger partial charge in [-0.15, -0.1) is 0 Å². The van der Waals surface area contributed by atoms with Gasteiger partial charge in [0, 0.05) is 32.9 Å². The Balaban J connectivity index is 1.21. The zero-order valence-corrected chi connectivity index (χ0v) is 33.0. The lowest BCUT2D eigenvalue weighted by molar-refractivity contribution is 0.588. The molecule has 5 nitrogen and oxygen atoms in total. The van der Waals surface area contributed by atoms with Gasteiger partial charge in [-0.3, -0.25) is 0 Å². The fourth-order valence-electron chi connectivity index (χ4n) is 12.4. The number of nitrogens with zero attached hydrogens (tertiary/aromatic N) is 3. The highest BCUT2D eigenvalue weighted by molar-refractivity contribution is 6.99. The van der Waals surface area contributed by atoms with Crippen LogP contribution in [0, 0.1) is 0 Å². The van der Waals surface area contributed by atoms with Crippen molar-refractivity contribution in [2.45, 2.75) is 18.8 Å². The van der Waals surface area contributed by atoms with E-state index in [1.165, 1.54) is 70.7 Å². The molecule has 7 aromatic carbocycles. The topological polar surface area (TPSA) is 41.1 Å². The molecule has 0 saturated heterocycles. The predicted molar refractivity (Wildman–Crippen MR) is 252 cm³/mol. The number of hydrogen-bond acceptors (Lipinski definition) is 2. The highest BCUT2D eigenvalue weighted by Gasteiger charge is 2.47. The second-order valence-electron chi connectivity index (χ2n) is 17.8. The van der Waals surface area contributed by atoms with E-state index < -0.39 is 0 Å². The second kappa shape index (κ2) is 10.4. The molecule has 282 valence electrons. The van der Waals surface area contributed by atoms with Crippen molar-refractivity contribution >= 4 is 123 Å². The summed E-state index contributed by atoms with van der Waals surface area (Å²) in [7, 11) is 0. The summed E-state index contributed by atoms with van der Waals surface area (Å²) in [6.45, 7) is 2.11. The maximum atomic E-state index is 7.32. The van der Waals surface area contributed by atoms with Crippen LogP contribution in [-0.4, -0.2) is 20.4 Å². The van der Waals surface area contributed by atoms with Crippen molar-refractivity contribution in [2.75, 3.05) is 0 Å². The Morgan fingerprint density at radius 2 is 1.16 bits per heavy atom. The van der Waals surface area contributed by atoms with Crippen LogP contribution < -0.4 is 22.0 Å². The van der Waals surface area contributed by atoms with Crippen molar-refractivity contribution in [3.63, 3.8) is 0 Å². The summed E-state index contributed by atoms with van der Waals surface area (Å²) in [5.74, 6) is 0. The van der Waals surface area contributed by atoms with Gasteiger partial charge in [0.15, 0.2) is 0 Å². The maximum absolute atomic E-state index is 7.32. The Labute approximate surface area is 348 Å². The summed E-state index contributed by atoms with van der Waals surface area (Å²) < 4.78 is 22.2. The summed E-state index contributed by atoms with van der Waals surface area (Å²) in [6.07, 6.45) is 12.7. The van der Waals surface area contributed by atoms with Crippen LogP contribution >= 0.6 is 0 Å². The van der Waals surface area contributed by atoms with Crippen LogP contribution in [0.2, 0.25) is 0 Å². The molecule has 0 saturated carbocycles. The van der Waals surface area contributed by atoms with Gasteiger partial charge in [0.1, 0.15) is 22.5 Å². The first-order chi connectivity index (χ1) is 30.1. The van der Waals surface area contributed by atoms with Crippen molar-refractivity contribution in [3.8, 4) is 17.1 Å². The molecule has 6 heteroatoms. The average Bonchev–Trinajstić information content (AvgIpc) is 3.93. The first-order valence-electron chi connectivity index (χ1n) is 21.4. The van der Waals surface area contributed by atoms with E-state index in [2.05, 4.69) is 184 Å². The summed E-state index contributed by atoms with van der Waals surface area (Å²) in [5.41, 5.74) is 16.3. The molecule has 0 amide bonds. The molecule has 2 aliphatic carbocycles. The normalized spacial score (nSPS) is 16.9. The van der Waals surface area contributed by atoms with Crippen molar-refractivity contribution in [2.24, 2.45) is 0 Å². The molecule has 1 atom stereocenters. The third-order valence-corrected chi connectivity index (χ3v) is 14.7. The van der Waals surface area contributed by atoms with Crippen molar-refractivity contribution in [3.05, 3.63) is 168 Å². The zero-order valence-electron chi connectivity index (χ0n) is 33.0. The number of hydrogen-bond donors (Lipinski definition) is 0. The molecule has 0 bridgehead atoms. The first-order valence-corrected chi connectivity index (χ1v) is 21.4. The minimum absolute atomic E-state index is 0.176. The van der Waals surface area contributed by atoms with Gasteiger partial charge in [0.2, 0.25) is 0 Å². The lowest BCUT2D eigenvalue weighted by Crippen LogP contribution is -2.59. The number of benzene rings is 7. The molecular formula is C55H32BN3O2. The number of furan rings is 2. The third-order valence-electron chi connectivity index (χ3n) is 14.7. The minimum atomic E-state index is -0.299. The van der Waals surface area contributed by atoms with Crippen LogP contribution in [0.15, 0.2) is 161 Å². The second-order valence-corrected chi connectivity index (χ2v) is 17.8. The summed E-state index contributed by atoms with van der Waals surface area (Å²) in [4.78, 5) is 0. The van der Waals surface area contributed by atoms with E-state index >= 15 is 0 Å². The molecule has 0 radical (unpaired) electrons. The van der Waals surface area contributed by atoms with Gasteiger partial charge >= 0.3 is 6.71 Å². The Morgan fingerprint density at radius 3 is 1.92 bits per heavy atom. The molecule has 5 aromatic heterocycles. The van der Waals surface area contributed by atoms with E-state index in [9.17, 15) is 0 Å². The Bertz CT molecular complexity index is 4180. The van der Waals surface area contributed by atoms with E-state index in [1.54, 1.807) is 0 Å². The van der Waals surface area contributed by atoms with Gasteiger partial charge in [-0.1, -0.05) is 122 Å². The lowest BCUT2D eigenvalue weighted by atomic mass is 9.38. The SMILES string of the molecule is CC12C=CC=c3c1c(n1c4c(oc5cccc3c54)B3c4c-1cc(-n1c5ccccc5c5ccccc51)cc4-n1c4cccc5cccc(c6cccc7oc3c1c76)c54)C=CC2. The number of para-hydroxylation sites is 2. The van der Waals surface area contributed by atoms with Crippen LogP contribution in [0.1, 0.15) is 24.6 Å². The van der Waals surface area contributed by atoms with Gasteiger partial charge in [0.25, 0.3) is 0 Å². The monoisotopic (exact) mass is 777 g/mol. The summed E-state index contributed by atoms with van der Waals surface area (Å²) in [6, 6.07) is 49.3. The predicted octanol–water partition coefficient (Wildman–Crippen LogP) is 10.9. The standard InChI is InChI=1S/C55H32BN3O2/c1-55-26-10-19-37-36-18-9-25-45-48(36)52-54(61-45)56-50-42(58-40-22-7-13-30-12-6-16-34(46(30)40)35-17-8-24-44-47(35)51(58)53(56)60-44)28-31(29-43(50)59(52)41(49(37)55)23-11-27-55)57-38-20-4-2-14-32(38)33-15-3-5-21-39(33)57/h2-26,28-29H,27H2,1H3. The van der Waals surface area contributed by atoms with Crippen molar-refractivity contribution < 1.29 is 8.83 Å². The summed E-state index contributed by atoms with van der Waals surface area (Å²) in [5, 5.41) is 12.1. The molecule has 2 aliphatic heterocycles. The highest BCUT2D eigenvalue weighted by atomic mass is 16.3. The number of aromatic nitrogens is 3. The Hall–Kier alpha value is -7.70. The molecule has 4 aliphatic rings. The van der Waals surface area contributed by atoms with Gasteiger partial charge in [-0.25, -0.2) is 0 Å². The number of rotatable bonds is 1. The van der Waals surface area contributed by atoms with Crippen LogP contribution in [-0.2, 0) is 5.41 Å². The fourth-order valence-corrected chi connectivity index (χ4v) is 12.4. The zero-order chi connectivity index (χ0) is 39.5. The van der Waals surface area contributed by atoms with Gasteiger partial charge in [-0.05, 0) is 92.8 Å². The largest absolute Gasteiger partial charge is 0.468 e. The van der Waals surface area contributed by atoms with Crippen molar-refractivity contribution in [1.29, 1.82) is 0 Å². The smallest absolute Gasteiger partial charge is 0.342 e. The van der Waals surface area contributed by atoms with Crippen molar-refractivity contribution in [1.82, 2.24) is 13.7 Å². The first kappa shape index (κ1) is 31.3. The molecule has 0 N–H and O–H groups in total. The van der Waals surface area contributed by atoms with Gasteiger partial charge < -0.3 is 22.5 Å². The Morgan fingerprint density at radius 1 is 0.574 bits per heavy atom. The van der Waals surface area contributed by atoms with E-state index in [0.717, 1.165) is 73.3 Å². The van der Waals surface area contributed by atoms with E-state index in [1.807, 2.05) is 0 Å². The van der Waals surface area contributed by atoms with Crippen LogP contribution in [0.3, 0.4) is 0 Å². The third kappa shape index (κ3) is 3.51. The molecule has 0 fully saturated rings. The minimum Gasteiger partial charge on any atom is -0.468 e. The maximum Gasteiger partial charge on any atom is 0.342 e. The number of fused-ring (bicyclic) bond motifs is 11. The molecule has 0 spiro atoms. The fraction of sp³-hybridized carbons (Fsp3) is 0.0545. The molecule has 16 rings (SSSR count). The van der Waals surface area contributed by atoms with Gasteiger partial charge in [0.05, 0.1) is 49.7 Å². The van der Waals surface area contributed by atoms with E-state index in [-0.39, 0.29) is 12.1 Å². The molecule has 7 heterocycles. The quantitative estimate of drug-likeness (QED) is 0.156. The van der Waals surface area contributed by atoms with E-state index in [0.29, 0.717) is 0 Å². The van der Waals surface area contributed by atoms with Gasteiger partial charge in [-0.2, -0.15) is 0 Å². The number of allylic oxidation sites excluding steroid dienone is 3. The average molecular weight is 778 g/mol. The Kier molecular flexibility index (Phi) is 5.31. The molecule has 12 aromatic rings. The molecular weight excluding hydrogens is 745 g/mol. The highest BCUT2D eigenvalue weighted by Crippen LogP contribution is 2.45. The summed E-state index contributed by atoms with van der Waals surface area (Å²) >= 11 is 0. The lowest BCUT2D eigenvalue weighted by Gasteiger charge is -2.35. The van der Waals surface area contributed by atoms with Crippen LogP contribution in [0.25, 0.3) is 116 Å². The van der Waals surface area contributed by atoms with E-state index in [4.69, 9.17) is 8.83 Å². The molecule has 1 unspecified atom stereocenters. The molecule has 61 heavy (non-hydrogen) atoms.